The van der Waals surface area contributed by atoms with Gasteiger partial charge in [0.05, 0.1) is 0 Å². The highest BCUT2D eigenvalue weighted by Gasteiger charge is 2.21. The molecule has 17 heavy (non-hydrogen) atoms. The Labute approximate surface area is 104 Å². The first-order valence-corrected chi connectivity index (χ1v) is 6.87. The third-order valence-electron chi connectivity index (χ3n) is 3.65. The Hall–Kier alpha value is -1.12. The molecule has 0 spiro atoms. The molecule has 1 aliphatic carbocycles. The van der Waals surface area contributed by atoms with E-state index in [9.17, 15) is 0 Å². The summed E-state index contributed by atoms with van der Waals surface area (Å²) in [6, 6.07) is 0. The fraction of sp³-hybridized carbons (Fsp3) is 0.714. The van der Waals surface area contributed by atoms with Gasteiger partial charge in [-0.3, -0.25) is 0 Å². The maximum atomic E-state index is 4.75. The van der Waals surface area contributed by atoms with Crippen LogP contribution >= 0.6 is 0 Å². The number of aromatic nitrogens is 2. The lowest BCUT2D eigenvalue weighted by Crippen LogP contribution is -2.11. The van der Waals surface area contributed by atoms with Gasteiger partial charge in [0.1, 0.15) is 11.6 Å². The van der Waals surface area contributed by atoms with Gasteiger partial charge < -0.3 is 5.32 Å². The van der Waals surface area contributed by atoms with Crippen molar-refractivity contribution in [1.29, 1.82) is 0 Å². The zero-order valence-corrected chi connectivity index (χ0v) is 11.2. The molecule has 1 aromatic heterocycles. The number of anilines is 1. The Morgan fingerprint density at radius 1 is 1.18 bits per heavy atom. The van der Waals surface area contributed by atoms with E-state index in [1.165, 1.54) is 31.2 Å². The molecule has 1 N–H and O–H groups in total. The maximum absolute atomic E-state index is 4.75. The van der Waals surface area contributed by atoms with Crippen LogP contribution in [-0.2, 0) is 6.42 Å². The van der Waals surface area contributed by atoms with Gasteiger partial charge in [-0.15, -0.1) is 0 Å². The van der Waals surface area contributed by atoms with E-state index in [2.05, 4.69) is 26.1 Å². The number of hydrogen-bond donors (Lipinski definition) is 1. The topological polar surface area (TPSA) is 37.8 Å². The fourth-order valence-electron chi connectivity index (χ4n) is 2.72. The number of nitrogens with one attached hydrogen (secondary N) is 1. The number of rotatable bonds is 4. The Bertz CT molecular complexity index is 381. The van der Waals surface area contributed by atoms with E-state index in [1.807, 2.05) is 0 Å². The molecule has 0 amide bonds. The SMILES string of the molecule is CCNc1nc(C2CCCC2)nc(C)c1CC. The van der Waals surface area contributed by atoms with Gasteiger partial charge in [0, 0.05) is 23.7 Å². The first-order chi connectivity index (χ1) is 8.26. The third-order valence-corrected chi connectivity index (χ3v) is 3.65. The molecule has 0 saturated heterocycles. The second-order valence-electron chi connectivity index (χ2n) is 4.86. The van der Waals surface area contributed by atoms with Crippen LogP contribution in [0.25, 0.3) is 0 Å². The minimum absolute atomic E-state index is 0.594. The standard InChI is InChI=1S/C14H23N3/c1-4-12-10(3)16-13(11-8-6-7-9-11)17-14(12)15-5-2/h11H,4-9H2,1-3H3,(H,15,16,17). The molecule has 0 aliphatic heterocycles. The quantitative estimate of drug-likeness (QED) is 0.865. The van der Waals surface area contributed by atoms with Crippen LogP contribution in [0.15, 0.2) is 0 Å². The first kappa shape index (κ1) is 12.3. The Kier molecular flexibility index (Phi) is 3.97. The van der Waals surface area contributed by atoms with Gasteiger partial charge in [-0.2, -0.15) is 0 Å². The smallest absolute Gasteiger partial charge is 0.134 e. The van der Waals surface area contributed by atoms with Gasteiger partial charge in [0.15, 0.2) is 0 Å². The molecule has 1 aliphatic rings. The van der Waals surface area contributed by atoms with Crippen molar-refractivity contribution in [3.05, 3.63) is 17.1 Å². The van der Waals surface area contributed by atoms with Crippen molar-refractivity contribution < 1.29 is 0 Å². The van der Waals surface area contributed by atoms with E-state index < -0.39 is 0 Å². The van der Waals surface area contributed by atoms with Crippen LogP contribution in [-0.4, -0.2) is 16.5 Å². The summed E-state index contributed by atoms with van der Waals surface area (Å²) < 4.78 is 0. The Morgan fingerprint density at radius 3 is 2.47 bits per heavy atom. The zero-order chi connectivity index (χ0) is 12.3. The molecular formula is C14H23N3. The summed E-state index contributed by atoms with van der Waals surface area (Å²) in [5.74, 6) is 2.72. The molecule has 3 heteroatoms. The molecule has 0 unspecified atom stereocenters. The summed E-state index contributed by atoms with van der Waals surface area (Å²) in [5, 5.41) is 3.38. The largest absolute Gasteiger partial charge is 0.370 e. The number of hydrogen-bond acceptors (Lipinski definition) is 3. The second kappa shape index (κ2) is 5.48. The van der Waals surface area contributed by atoms with E-state index in [4.69, 9.17) is 9.97 Å². The number of nitrogens with zero attached hydrogens (tertiary/aromatic N) is 2. The maximum Gasteiger partial charge on any atom is 0.134 e. The van der Waals surface area contributed by atoms with Gasteiger partial charge >= 0.3 is 0 Å². The number of aryl methyl sites for hydroxylation is 1. The molecule has 0 bridgehead atoms. The van der Waals surface area contributed by atoms with Crippen LogP contribution in [0, 0.1) is 6.92 Å². The third kappa shape index (κ3) is 2.59. The average molecular weight is 233 g/mol. The van der Waals surface area contributed by atoms with Gasteiger partial charge in [-0.1, -0.05) is 19.8 Å². The molecular weight excluding hydrogens is 210 g/mol. The average Bonchev–Trinajstić information content (AvgIpc) is 2.82. The van der Waals surface area contributed by atoms with Gasteiger partial charge in [-0.05, 0) is 33.1 Å². The molecule has 1 heterocycles. The zero-order valence-electron chi connectivity index (χ0n) is 11.2. The van der Waals surface area contributed by atoms with Crippen molar-refractivity contribution in [3.8, 4) is 0 Å². The Morgan fingerprint density at radius 2 is 1.88 bits per heavy atom. The van der Waals surface area contributed by atoms with Crippen LogP contribution < -0.4 is 5.32 Å². The van der Waals surface area contributed by atoms with E-state index in [1.54, 1.807) is 0 Å². The lowest BCUT2D eigenvalue weighted by molar-refractivity contribution is 0.662. The summed E-state index contributed by atoms with van der Waals surface area (Å²) in [7, 11) is 0. The predicted octanol–water partition coefficient (Wildman–Crippen LogP) is 3.44. The van der Waals surface area contributed by atoms with Crippen LogP contribution in [0.3, 0.4) is 0 Å². The predicted molar refractivity (Wildman–Crippen MR) is 71.5 cm³/mol. The van der Waals surface area contributed by atoms with Crippen LogP contribution in [0.5, 0.6) is 0 Å². The molecule has 0 radical (unpaired) electrons. The van der Waals surface area contributed by atoms with Crippen molar-refractivity contribution in [3.63, 3.8) is 0 Å². The normalized spacial score (nSPS) is 16.4. The van der Waals surface area contributed by atoms with Crippen molar-refractivity contribution in [2.45, 2.75) is 58.8 Å². The molecule has 94 valence electrons. The molecule has 3 nitrogen and oxygen atoms in total. The molecule has 0 atom stereocenters. The summed E-state index contributed by atoms with van der Waals surface area (Å²) in [5.41, 5.74) is 2.42. The first-order valence-electron chi connectivity index (χ1n) is 6.87. The van der Waals surface area contributed by atoms with Gasteiger partial charge in [0.2, 0.25) is 0 Å². The summed E-state index contributed by atoms with van der Waals surface area (Å²) >= 11 is 0. The molecule has 1 aromatic rings. The van der Waals surface area contributed by atoms with Crippen molar-refractivity contribution >= 4 is 5.82 Å². The highest BCUT2D eigenvalue weighted by atomic mass is 15.0. The van der Waals surface area contributed by atoms with Crippen LogP contribution in [0.4, 0.5) is 5.82 Å². The van der Waals surface area contributed by atoms with E-state index in [0.717, 1.165) is 30.3 Å². The minimum Gasteiger partial charge on any atom is -0.370 e. The van der Waals surface area contributed by atoms with Crippen LogP contribution in [0.1, 0.15) is 62.5 Å². The molecule has 2 rings (SSSR count). The van der Waals surface area contributed by atoms with Gasteiger partial charge in [0.25, 0.3) is 0 Å². The second-order valence-corrected chi connectivity index (χ2v) is 4.86. The van der Waals surface area contributed by atoms with Crippen molar-refractivity contribution in [2.75, 3.05) is 11.9 Å². The minimum atomic E-state index is 0.594. The highest BCUT2D eigenvalue weighted by molar-refractivity contribution is 5.46. The lowest BCUT2D eigenvalue weighted by Gasteiger charge is -2.15. The molecule has 1 fully saturated rings. The highest BCUT2D eigenvalue weighted by Crippen LogP contribution is 2.33. The molecule has 0 aromatic carbocycles. The lowest BCUT2D eigenvalue weighted by atomic mass is 10.1. The van der Waals surface area contributed by atoms with E-state index in [0.29, 0.717) is 5.92 Å². The Balaban J connectivity index is 2.34. The van der Waals surface area contributed by atoms with E-state index >= 15 is 0 Å². The monoisotopic (exact) mass is 233 g/mol. The molecule has 1 saturated carbocycles. The fourth-order valence-corrected chi connectivity index (χ4v) is 2.72. The van der Waals surface area contributed by atoms with Crippen molar-refractivity contribution in [1.82, 2.24) is 9.97 Å². The summed E-state index contributed by atoms with van der Waals surface area (Å²) in [4.78, 5) is 9.47. The van der Waals surface area contributed by atoms with E-state index in [-0.39, 0.29) is 0 Å². The summed E-state index contributed by atoms with van der Waals surface area (Å²) in [6.45, 7) is 7.32. The van der Waals surface area contributed by atoms with Gasteiger partial charge in [-0.25, -0.2) is 9.97 Å². The summed E-state index contributed by atoms with van der Waals surface area (Å²) in [6.07, 6.45) is 6.18. The van der Waals surface area contributed by atoms with Crippen LogP contribution in [0.2, 0.25) is 0 Å². The van der Waals surface area contributed by atoms with Crippen molar-refractivity contribution in [2.24, 2.45) is 0 Å².